The van der Waals surface area contributed by atoms with Crippen LogP contribution < -0.4 is 0 Å². The molecule has 1 nitrogen and oxygen atoms in total. The molecule has 0 aliphatic heterocycles. The van der Waals surface area contributed by atoms with Gasteiger partial charge in [0.15, 0.2) is 8.32 Å². The summed E-state index contributed by atoms with van der Waals surface area (Å²) in [4.78, 5) is 0. The topological polar surface area (TPSA) is 9.23 Å². The Morgan fingerprint density at radius 2 is 1.56 bits per heavy atom. The monoisotopic (exact) mass is 232 g/mol. The Morgan fingerprint density at radius 3 is 2.00 bits per heavy atom. The summed E-state index contributed by atoms with van der Waals surface area (Å²) in [5.74, 6) is 7.37. The third kappa shape index (κ3) is 0.692. The molecule has 0 aromatic heterocycles. The van der Waals surface area contributed by atoms with Crippen LogP contribution in [0.2, 0.25) is 19.6 Å². The molecule has 0 heterocycles. The summed E-state index contributed by atoms with van der Waals surface area (Å²) in [6.45, 7) is 8.11. The van der Waals surface area contributed by atoms with E-state index >= 15 is 0 Å². The molecule has 6 aliphatic carbocycles. The average Bonchev–Trinajstić information content (AvgIpc) is 3.02. The van der Waals surface area contributed by atoms with Crippen LogP contribution in [-0.4, -0.2) is 14.9 Å². The molecule has 0 amide bonds. The van der Waals surface area contributed by atoms with Gasteiger partial charge in [-0.05, 0) is 61.1 Å². The summed E-state index contributed by atoms with van der Waals surface area (Å²) in [5, 5.41) is 0. The molecule has 2 heteroatoms. The molecule has 0 radical (unpaired) electrons. The van der Waals surface area contributed by atoms with Crippen LogP contribution in [0.4, 0.5) is 0 Å². The van der Waals surface area contributed by atoms with Gasteiger partial charge in [-0.15, -0.1) is 0 Å². The summed E-state index contributed by atoms with van der Waals surface area (Å²) < 4.78 is 6.29. The van der Waals surface area contributed by atoms with Crippen molar-refractivity contribution in [2.24, 2.45) is 46.8 Å². The summed E-state index contributed by atoms with van der Waals surface area (Å²) in [5.41, 5.74) is 0.689. The van der Waals surface area contributed by atoms with Crippen LogP contribution in [-0.2, 0) is 4.43 Å². The fourth-order valence-corrected chi connectivity index (χ4v) is 6.77. The van der Waals surface area contributed by atoms with Crippen LogP contribution in [0.3, 0.4) is 0 Å². The molecular formula is C14H20OSi. The van der Waals surface area contributed by atoms with Gasteiger partial charge in [0.1, 0.15) is 0 Å². The Bertz CT molecular complexity index is 395. The molecule has 0 saturated heterocycles. The van der Waals surface area contributed by atoms with Gasteiger partial charge >= 0.3 is 0 Å². The highest BCUT2D eigenvalue weighted by molar-refractivity contribution is 6.69. The third-order valence-corrected chi connectivity index (χ3v) is 7.31. The molecular weight excluding hydrogens is 212 g/mol. The summed E-state index contributed by atoms with van der Waals surface area (Å²) in [6, 6.07) is 0. The molecule has 4 saturated carbocycles. The Morgan fingerprint density at radius 1 is 1.00 bits per heavy atom. The van der Waals surface area contributed by atoms with E-state index in [-0.39, 0.29) is 0 Å². The van der Waals surface area contributed by atoms with Crippen LogP contribution in [0.1, 0.15) is 0 Å². The van der Waals surface area contributed by atoms with Gasteiger partial charge < -0.3 is 4.43 Å². The number of rotatable bonds is 3. The second kappa shape index (κ2) is 2.12. The Kier molecular flexibility index (Phi) is 1.18. The van der Waals surface area contributed by atoms with E-state index in [0.717, 1.165) is 48.0 Å². The van der Waals surface area contributed by atoms with Crippen LogP contribution in [0.25, 0.3) is 0 Å². The van der Waals surface area contributed by atoms with E-state index in [1.165, 1.54) is 0 Å². The van der Waals surface area contributed by atoms with Crippen molar-refractivity contribution >= 4 is 8.32 Å². The van der Waals surface area contributed by atoms with Crippen molar-refractivity contribution in [3.05, 3.63) is 12.2 Å². The quantitative estimate of drug-likeness (QED) is 0.537. The standard InChI is InChI=1S/C14H20OSi/c1-16(2,3)15-6-14-11-7-4-5-8(12(11)14)10-9(7)13(10)14/h4-5,7-13H,6H2,1-3H3. The van der Waals surface area contributed by atoms with Crippen LogP contribution in [0, 0.1) is 46.8 Å². The zero-order valence-electron chi connectivity index (χ0n) is 10.3. The van der Waals surface area contributed by atoms with Crippen molar-refractivity contribution in [3.63, 3.8) is 0 Å². The van der Waals surface area contributed by atoms with Gasteiger partial charge in [-0.2, -0.15) is 0 Å². The van der Waals surface area contributed by atoms with E-state index < -0.39 is 8.32 Å². The van der Waals surface area contributed by atoms with Crippen molar-refractivity contribution in [1.82, 2.24) is 0 Å². The largest absolute Gasteiger partial charge is 0.417 e. The molecule has 86 valence electrons. The smallest absolute Gasteiger partial charge is 0.183 e. The lowest BCUT2D eigenvalue weighted by Crippen LogP contribution is -2.30. The molecule has 0 aromatic carbocycles. The van der Waals surface area contributed by atoms with Gasteiger partial charge in [0.25, 0.3) is 0 Å². The first-order valence-electron chi connectivity index (χ1n) is 6.88. The molecule has 0 aromatic rings. The molecule has 6 atom stereocenters. The maximum absolute atomic E-state index is 6.29. The van der Waals surface area contributed by atoms with Gasteiger partial charge in [0.2, 0.25) is 0 Å². The summed E-state index contributed by atoms with van der Waals surface area (Å²) in [7, 11) is -1.31. The summed E-state index contributed by atoms with van der Waals surface area (Å²) >= 11 is 0. The zero-order chi connectivity index (χ0) is 10.9. The molecule has 6 rings (SSSR count). The van der Waals surface area contributed by atoms with Crippen molar-refractivity contribution < 1.29 is 4.43 Å². The van der Waals surface area contributed by atoms with E-state index in [0.29, 0.717) is 5.41 Å². The van der Waals surface area contributed by atoms with E-state index in [2.05, 4.69) is 31.8 Å². The van der Waals surface area contributed by atoms with Crippen LogP contribution >= 0.6 is 0 Å². The van der Waals surface area contributed by atoms with E-state index in [4.69, 9.17) is 4.43 Å². The van der Waals surface area contributed by atoms with Crippen LogP contribution in [0.15, 0.2) is 12.2 Å². The van der Waals surface area contributed by atoms with Crippen molar-refractivity contribution in [2.75, 3.05) is 6.61 Å². The van der Waals surface area contributed by atoms with Crippen molar-refractivity contribution in [1.29, 1.82) is 0 Å². The predicted molar refractivity (Wildman–Crippen MR) is 65.3 cm³/mol. The van der Waals surface area contributed by atoms with Crippen molar-refractivity contribution in [2.45, 2.75) is 19.6 Å². The fourth-order valence-electron chi connectivity index (χ4n) is 6.09. The average molecular weight is 232 g/mol. The van der Waals surface area contributed by atoms with Crippen molar-refractivity contribution in [3.8, 4) is 0 Å². The lowest BCUT2D eigenvalue weighted by atomic mass is 9.76. The van der Waals surface area contributed by atoms with Gasteiger partial charge in [-0.25, -0.2) is 0 Å². The minimum atomic E-state index is -1.31. The number of allylic oxidation sites excluding steroid dienone is 2. The first kappa shape index (κ1) is 8.93. The van der Waals surface area contributed by atoms with Gasteiger partial charge in [0.05, 0.1) is 0 Å². The lowest BCUT2D eigenvalue weighted by molar-refractivity contribution is 0.201. The van der Waals surface area contributed by atoms with Gasteiger partial charge in [-0.1, -0.05) is 12.2 Å². The second-order valence-electron chi connectivity index (χ2n) is 7.79. The Hall–Kier alpha value is -0.0831. The Labute approximate surface area is 98.4 Å². The molecule has 4 fully saturated rings. The van der Waals surface area contributed by atoms with Crippen LogP contribution in [0.5, 0.6) is 0 Å². The highest BCUT2D eigenvalue weighted by atomic mass is 28.4. The fraction of sp³-hybridized carbons (Fsp3) is 0.857. The van der Waals surface area contributed by atoms with Gasteiger partial charge in [0, 0.05) is 12.0 Å². The number of hydrogen-bond donors (Lipinski definition) is 0. The zero-order valence-corrected chi connectivity index (χ0v) is 11.3. The molecule has 16 heavy (non-hydrogen) atoms. The third-order valence-electron chi connectivity index (χ3n) is 6.30. The maximum atomic E-state index is 6.29. The molecule has 6 aliphatic rings. The second-order valence-corrected chi connectivity index (χ2v) is 12.3. The van der Waals surface area contributed by atoms with E-state index in [9.17, 15) is 0 Å². The van der Waals surface area contributed by atoms with Gasteiger partial charge in [-0.3, -0.25) is 0 Å². The first-order valence-corrected chi connectivity index (χ1v) is 10.3. The Balaban J connectivity index is 1.48. The maximum Gasteiger partial charge on any atom is 0.183 e. The van der Waals surface area contributed by atoms with E-state index in [1.807, 2.05) is 0 Å². The molecule has 6 unspecified atom stereocenters. The highest BCUT2D eigenvalue weighted by Gasteiger charge is 2.94. The summed E-state index contributed by atoms with van der Waals surface area (Å²) in [6.07, 6.45) is 5.13. The molecule has 2 bridgehead atoms. The van der Waals surface area contributed by atoms with E-state index in [1.54, 1.807) is 0 Å². The SMILES string of the molecule is C[Si](C)(C)OCC12C3C4C5C=CC(C43)C1C52. The first-order chi connectivity index (χ1) is 7.56. The molecule has 0 spiro atoms. The highest BCUT2D eigenvalue weighted by Crippen LogP contribution is 2.96. The lowest BCUT2D eigenvalue weighted by Gasteiger charge is -2.28. The molecule has 0 N–H and O–H groups in total. The predicted octanol–water partition coefficient (Wildman–Crippen LogP) is 2.76. The minimum absolute atomic E-state index is 0.689. The minimum Gasteiger partial charge on any atom is -0.417 e. The number of hydrogen-bond acceptors (Lipinski definition) is 1. The normalized spacial score (nSPS) is 66.3.